The number of anilines is 1. The molecular weight excluding hydrogens is 340 g/mol. The molecule has 1 heterocycles. The van der Waals surface area contributed by atoms with Crippen molar-refractivity contribution in [1.29, 1.82) is 0 Å². The number of hydrogen-bond acceptors (Lipinski definition) is 6. The summed E-state index contributed by atoms with van der Waals surface area (Å²) in [6.45, 7) is 0. The number of imide groups is 1. The summed E-state index contributed by atoms with van der Waals surface area (Å²) in [6.07, 6.45) is 0. The number of ether oxygens (including phenoxy) is 1. The van der Waals surface area contributed by atoms with E-state index in [0.717, 1.165) is 7.11 Å². The van der Waals surface area contributed by atoms with Crippen molar-refractivity contribution in [3.05, 3.63) is 65.2 Å². The SMILES string of the molecule is COC(=O)C1C(=O)N(O)C(=O)c2cc(NC(=O)c3ccccc3)ccc21. The molecule has 1 unspecified atom stereocenters. The van der Waals surface area contributed by atoms with E-state index in [1.165, 1.54) is 18.2 Å². The van der Waals surface area contributed by atoms with E-state index in [2.05, 4.69) is 10.1 Å². The molecule has 0 spiro atoms. The first-order valence-corrected chi connectivity index (χ1v) is 7.59. The number of carbonyl (C=O) groups excluding carboxylic acids is 4. The van der Waals surface area contributed by atoms with Crippen molar-refractivity contribution in [2.45, 2.75) is 5.92 Å². The maximum atomic E-state index is 12.2. The summed E-state index contributed by atoms with van der Waals surface area (Å²) in [5.41, 5.74) is 0.725. The minimum absolute atomic E-state index is 0.0756. The fourth-order valence-electron chi connectivity index (χ4n) is 2.68. The molecule has 132 valence electrons. The van der Waals surface area contributed by atoms with Gasteiger partial charge in [0.25, 0.3) is 17.7 Å². The molecule has 1 atom stereocenters. The van der Waals surface area contributed by atoms with E-state index in [1.807, 2.05) is 0 Å². The molecule has 1 aliphatic rings. The number of methoxy groups -OCH3 is 1. The van der Waals surface area contributed by atoms with Crippen molar-refractivity contribution in [2.24, 2.45) is 0 Å². The predicted octanol–water partition coefficient (Wildman–Crippen LogP) is 1.57. The number of nitrogens with one attached hydrogen (secondary N) is 1. The second-order valence-electron chi connectivity index (χ2n) is 5.53. The van der Waals surface area contributed by atoms with Crippen LogP contribution in [0.25, 0.3) is 0 Å². The summed E-state index contributed by atoms with van der Waals surface area (Å²) in [5, 5.41) is 12.2. The first-order valence-electron chi connectivity index (χ1n) is 7.59. The van der Waals surface area contributed by atoms with Gasteiger partial charge in [0.2, 0.25) is 0 Å². The van der Waals surface area contributed by atoms with Gasteiger partial charge in [-0.25, -0.2) is 0 Å². The normalized spacial score (nSPS) is 16.1. The lowest BCUT2D eigenvalue weighted by Crippen LogP contribution is -2.45. The Morgan fingerprint density at radius 1 is 1.12 bits per heavy atom. The third-order valence-corrected chi connectivity index (χ3v) is 3.97. The third-order valence-electron chi connectivity index (χ3n) is 3.97. The minimum Gasteiger partial charge on any atom is -0.468 e. The fourth-order valence-corrected chi connectivity index (χ4v) is 2.68. The van der Waals surface area contributed by atoms with Gasteiger partial charge in [0.05, 0.1) is 7.11 Å². The molecule has 3 rings (SSSR count). The fraction of sp³-hybridized carbons (Fsp3) is 0.111. The molecular formula is C18H14N2O6. The van der Waals surface area contributed by atoms with Gasteiger partial charge in [0, 0.05) is 16.8 Å². The number of esters is 1. The molecule has 0 aliphatic carbocycles. The van der Waals surface area contributed by atoms with Crippen molar-refractivity contribution >= 4 is 29.4 Å². The number of rotatable bonds is 3. The zero-order valence-corrected chi connectivity index (χ0v) is 13.6. The van der Waals surface area contributed by atoms with Gasteiger partial charge in [-0.3, -0.25) is 24.4 Å². The standard InChI is InChI=1S/C18H14N2O6/c1-26-18(24)14-12-8-7-11(9-13(12)16(22)20(25)17(14)23)19-15(21)10-5-3-2-4-6-10/h2-9,14,25H,1H3,(H,19,21). The number of benzene rings is 2. The maximum Gasteiger partial charge on any atom is 0.322 e. The van der Waals surface area contributed by atoms with Crippen LogP contribution >= 0.6 is 0 Å². The summed E-state index contributed by atoms with van der Waals surface area (Å²) < 4.78 is 4.57. The van der Waals surface area contributed by atoms with Gasteiger partial charge >= 0.3 is 5.97 Å². The van der Waals surface area contributed by atoms with Crippen LogP contribution in [-0.4, -0.2) is 41.1 Å². The van der Waals surface area contributed by atoms with Gasteiger partial charge < -0.3 is 10.1 Å². The molecule has 1 aliphatic heterocycles. The highest BCUT2D eigenvalue weighted by molar-refractivity contribution is 6.17. The minimum atomic E-state index is -1.45. The van der Waals surface area contributed by atoms with E-state index in [1.54, 1.807) is 30.3 Å². The highest BCUT2D eigenvalue weighted by Crippen LogP contribution is 2.31. The van der Waals surface area contributed by atoms with Gasteiger partial charge in [0.15, 0.2) is 5.92 Å². The molecule has 2 aromatic carbocycles. The average molecular weight is 354 g/mol. The Balaban J connectivity index is 1.96. The van der Waals surface area contributed by atoms with Crippen LogP contribution in [0.2, 0.25) is 0 Å². The first kappa shape index (κ1) is 17.3. The van der Waals surface area contributed by atoms with E-state index < -0.39 is 29.6 Å². The summed E-state index contributed by atoms with van der Waals surface area (Å²) >= 11 is 0. The maximum absolute atomic E-state index is 12.2. The van der Waals surface area contributed by atoms with E-state index in [4.69, 9.17) is 0 Å². The molecule has 3 amide bonds. The van der Waals surface area contributed by atoms with Crippen molar-refractivity contribution in [2.75, 3.05) is 12.4 Å². The molecule has 8 heteroatoms. The zero-order chi connectivity index (χ0) is 18.8. The van der Waals surface area contributed by atoms with Crippen LogP contribution in [0.5, 0.6) is 0 Å². The molecule has 26 heavy (non-hydrogen) atoms. The molecule has 2 aromatic rings. The summed E-state index contributed by atoms with van der Waals surface area (Å²) in [4.78, 5) is 48.3. The lowest BCUT2D eigenvalue weighted by Gasteiger charge is -2.27. The molecule has 0 bridgehead atoms. The zero-order valence-electron chi connectivity index (χ0n) is 13.6. The quantitative estimate of drug-likeness (QED) is 0.374. The number of hydrogen-bond donors (Lipinski definition) is 2. The Hall–Kier alpha value is -3.52. The lowest BCUT2D eigenvalue weighted by atomic mass is 9.89. The van der Waals surface area contributed by atoms with Crippen molar-refractivity contribution < 1.29 is 29.1 Å². The predicted molar refractivity (Wildman–Crippen MR) is 88.6 cm³/mol. The van der Waals surface area contributed by atoms with Crippen molar-refractivity contribution in [3.63, 3.8) is 0 Å². The van der Waals surface area contributed by atoms with Crippen LogP contribution in [0.4, 0.5) is 5.69 Å². The average Bonchev–Trinajstić information content (AvgIpc) is 2.67. The van der Waals surface area contributed by atoms with E-state index in [9.17, 15) is 24.4 Å². The highest BCUT2D eigenvalue weighted by Gasteiger charge is 2.43. The Morgan fingerprint density at radius 2 is 1.81 bits per heavy atom. The van der Waals surface area contributed by atoms with Crippen LogP contribution in [0, 0.1) is 0 Å². The molecule has 0 saturated heterocycles. The lowest BCUT2D eigenvalue weighted by molar-refractivity contribution is -0.163. The Morgan fingerprint density at radius 3 is 2.46 bits per heavy atom. The van der Waals surface area contributed by atoms with Crippen LogP contribution in [0.15, 0.2) is 48.5 Å². The molecule has 0 fully saturated rings. The van der Waals surface area contributed by atoms with E-state index in [0.29, 0.717) is 5.56 Å². The number of fused-ring (bicyclic) bond motifs is 1. The molecule has 8 nitrogen and oxygen atoms in total. The number of hydroxylamine groups is 2. The second kappa shape index (κ2) is 6.77. The Labute approximate surface area is 147 Å². The number of nitrogens with zero attached hydrogens (tertiary/aromatic N) is 1. The first-order chi connectivity index (χ1) is 12.4. The molecule has 0 aromatic heterocycles. The van der Waals surface area contributed by atoms with Crippen molar-refractivity contribution in [3.8, 4) is 0 Å². The monoisotopic (exact) mass is 354 g/mol. The van der Waals surface area contributed by atoms with E-state index >= 15 is 0 Å². The second-order valence-corrected chi connectivity index (χ2v) is 5.53. The summed E-state index contributed by atoms with van der Waals surface area (Å²) in [5.74, 6) is -4.81. The van der Waals surface area contributed by atoms with Gasteiger partial charge in [-0.15, -0.1) is 0 Å². The Kier molecular flexibility index (Phi) is 4.51. The van der Waals surface area contributed by atoms with Crippen LogP contribution < -0.4 is 5.32 Å². The van der Waals surface area contributed by atoms with Gasteiger partial charge in [-0.05, 0) is 29.8 Å². The van der Waals surface area contributed by atoms with Crippen LogP contribution in [0.3, 0.4) is 0 Å². The topological polar surface area (TPSA) is 113 Å². The van der Waals surface area contributed by atoms with Gasteiger partial charge in [0.1, 0.15) is 0 Å². The smallest absolute Gasteiger partial charge is 0.322 e. The van der Waals surface area contributed by atoms with Crippen LogP contribution in [-0.2, 0) is 14.3 Å². The molecule has 2 N–H and O–H groups in total. The van der Waals surface area contributed by atoms with Crippen molar-refractivity contribution in [1.82, 2.24) is 5.06 Å². The highest BCUT2D eigenvalue weighted by atomic mass is 16.5. The Bertz CT molecular complexity index is 909. The van der Waals surface area contributed by atoms with Crippen LogP contribution in [0.1, 0.15) is 32.2 Å². The molecule has 0 radical (unpaired) electrons. The largest absolute Gasteiger partial charge is 0.468 e. The molecule has 0 saturated carbocycles. The summed E-state index contributed by atoms with van der Waals surface area (Å²) in [6, 6.07) is 12.6. The number of amides is 3. The summed E-state index contributed by atoms with van der Waals surface area (Å²) in [7, 11) is 1.10. The van der Waals surface area contributed by atoms with Gasteiger partial charge in [-0.1, -0.05) is 24.3 Å². The number of carbonyl (C=O) groups is 4. The van der Waals surface area contributed by atoms with Gasteiger partial charge in [-0.2, -0.15) is 5.06 Å². The van der Waals surface area contributed by atoms with E-state index in [-0.39, 0.29) is 21.9 Å². The third kappa shape index (κ3) is 2.93.